The molecule has 90 valence electrons. The number of hydrogen-bond donors (Lipinski definition) is 0. The summed E-state index contributed by atoms with van der Waals surface area (Å²) in [5.41, 5.74) is 2.10. The average Bonchev–Trinajstić information content (AvgIpc) is 2.26. The van der Waals surface area contributed by atoms with Crippen LogP contribution in [-0.2, 0) is 4.79 Å². The third kappa shape index (κ3) is 3.03. The molecule has 0 heterocycles. The summed E-state index contributed by atoms with van der Waals surface area (Å²) in [6, 6.07) is 3.35. The summed E-state index contributed by atoms with van der Waals surface area (Å²) in [6.07, 6.45) is 1.66. The minimum atomic E-state index is -0.466. The molecular weight excluding hydrogens is 216 g/mol. The topological polar surface area (TPSA) is 43.4 Å². The normalized spacial score (nSPS) is 9.82. The number of aryl methyl sites for hydroxylation is 2. The van der Waals surface area contributed by atoms with Crippen LogP contribution in [0.1, 0.15) is 28.4 Å². The molecule has 1 aromatic rings. The van der Waals surface area contributed by atoms with Crippen molar-refractivity contribution in [1.29, 1.82) is 0 Å². The first-order valence-electron chi connectivity index (χ1n) is 5.37. The fraction of sp³-hybridized carbons (Fsp3) is 0.286. The Balaban J connectivity index is 3.13. The van der Waals surface area contributed by atoms with E-state index in [0.29, 0.717) is 12.2 Å². The highest BCUT2D eigenvalue weighted by atomic mass is 16.5. The summed E-state index contributed by atoms with van der Waals surface area (Å²) in [5.74, 6) is -0.181. The van der Waals surface area contributed by atoms with E-state index in [2.05, 4.69) is 6.58 Å². The van der Waals surface area contributed by atoms with Gasteiger partial charge in [0.25, 0.3) is 0 Å². The lowest BCUT2D eigenvalue weighted by atomic mass is 10.0. The number of ether oxygens (including phenoxy) is 1. The minimum Gasteiger partial charge on any atom is -0.489 e. The first-order valence-corrected chi connectivity index (χ1v) is 5.37. The molecule has 0 unspecified atom stereocenters. The van der Waals surface area contributed by atoms with Crippen LogP contribution in [0.5, 0.6) is 5.75 Å². The SMILES string of the molecule is C=CCOc1c(C)cc(C(=O)C(C)=O)cc1C. The van der Waals surface area contributed by atoms with E-state index in [0.717, 1.165) is 16.9 Å². The van der Waals surface area contributed by atoms with Crippen LogP contribution >= 0.6 is 0 Å². The zero-order valence-electron chi connectivity index (χ0n) is 10.4. The van der Waals surface area contributed by atoms with Gasteiger partial charge < -0.3 is 4.74 Å². The summed E-state index contributed by atoms with van der Waals surface area (Å²) in [6.45, 7) is 8.97. The van der Waals surface area contributed by atoms with E-state index >= 15 is 0 Å². The van der Waals surface area contributed by atoms with Gasteiger partial charge in [0.15, 0.2) is 5.78 Å². The van der Waals surface area contributed by atoms with Crippen LogP contribution in [0.2, 0.25) is 0 Å². The van der Waals surface area contributed by atoms with Gasteiger partial charge in [-0.25, -0.2) is 0 Å². The quantitative estimate of drug-likeness (QED) is 0.445. The van der Waals surface area contributed by atoms with Crippen LogP contribution in [-0.4, -0.2) is 18.2 Å². The second-order valence-electron chi connectivity index (χ2n) is 3.92. The Kier molecular flexibility index (Phi) is 4.21. The van der Waals surface area contributed by atoms with E-state index in [9.17, 15) is 9.59 Å². The number of benzene rings is 1. The summed E-state index contributed by atoms with van der Waals surface area (Å²) < 4.78 is 5.50. The van der Waals surface area contributed by atoms with Gasteiger partial charge in [-0.3, -0.25) is 9.59 Å². The highest BCUT2D eigenvalue weighted by molar-refractivity contribution is 6.42. The van der Waals surface area contributed by atoms with Crippen molar-refractivity contribution in [3.05, 3.63) is 41.5 Å². The van der Waals surface area contributed by atoms with Gasteiger partial charge in [-0.15, -0.1) is 0 Å². The zero-order valence-corrected chi connectivity index (χ0v) is 10.4. The van der Waals surface area contributed by atoms with Gasteiger partial charge in [0.05, 0.1) is 0 Å². The Morgan fingerprint density at radius 2 is 1.82 bits per heavy atom. The van der Waals surface area contributed by atoms with Crippen LogP contribution in [0.25, 0.3) is 0 Å². The summed E-state index contributed by atoms with van der Waals surface area (Å²) >= 11 is 0. The first-order chi connectivity index (χ1) is 7.97. The van der Waals surface area contributed by atoms with Gasteiger partial charge >= 0.3 is 0 Å². The Hall–Kier alpha value is -1.90. The van der Waals surface area contributed by atoms with Crippen molar-refractivity contribution in [1.82, 2.24) is 0 Å². The van der Waals surface area contributed by atoms with Crippen molar-refractivity contribution < 1.29 is 14.3 Å². The maximum atomic E-state index is 11.6. The third-order valence-corrected chi connectivity index (χ3v) is 2.39. The summed E-state index contributed by atoms with van der Waals surface area (Å²) in [5, 5.41) is 0. The molecule has 0 radical (unpaired) electrons. The van der Waals surface area contributed by atoms with E-state index in [-0.39, 0.29) is 0 Å². The smallest absolute Gasteiger partial charge is 0.228 e. The zero-order chi connectivity index (χ0) is 13.0. The molecule has 0 amide bonds. The lowest BCUT2D eigenvalue weighted by Gasteiger charge is -2.12. The molecule has 1 aromatic carbocycles. The van der Waals surface area contributed by atoms with Gasteiger partial charge in [0.1, 0.15) is 12.4 Å². The lowest BCUT2D eigenvalue weighted by Crippen LogP contribution is -2.11. The fourth-order valence-electron chi connectivity index (χ4n) is 1.65. The van der Waals surface area contributed by atoms with Crippen molar-refractivity contribution in [3.8, 4) is 5.75 Å². The molecule has 0 aromatic heterocycles. The number of hydrogen-bond acceptors (Lipinski definition) is 3. The molecule has 0 saturated carbocycles. The Bertz CT molecular complexity index is 449. The maximum absolute atomic E-state index is 11.6. The molecule has 0 aliphatic carbocycles. The highest BCUT2D eigenvalue weighted by Gasteiger charge is 2.14. The fourth-order valence-corrected chi connectivity index (χ4v) is 1.65. The molecule has 0 aliphatic rings. The van der Waals surface area contributed by atoms with Crippen molar-refractivity contribution >= 4 is 11.6 Å². The molecule has 0 saturated heterocycles. The van der Waals surface area contributed by atoms with Gasteiger partial charge in [-0.1, -0.05) is 12.7 Å². The van der Waals surface area contributed by atoms with E-state index in [4.69, 9.17) is 4.74 Å². The molecular formula is C14H16O3. The monoisotopic (exact) mass is 232 g/mol. The maximum Gasteiger partial charge on any atom is 0.228 e. The number of Topliss-reactive ketones (excluding diaryl/α,β-unsaturated/α-hetero) is 2. The Morgan fingerprint density at radius 1 is 1.29 bits per heavy atom. The Morgan fingerprint density at radius 3 is 2.24 bits per heavy atom. The molecule has 0 fully saturated rings. The van der Waals surface area contributed by atoms with Gasteiger partial charge in [0, 0.05) is 12.5 Å². The first kappa shape index (κ1) is 13.2. The number of carbonyl (C=O) groups excluding carboxylic acids is 2. The van der Waals surface area contributed by atoms with Crippen LogP contribution in [0, 0.1) is 13.8 Å². The molecule has 0 atom stereocenters. The molecule has 0 N–H and O–H groups in total. The minimum absolute atomic E-state index is 0.415. The summed E-state index contributed by atoms with van der Waals surface area (Å²) in [7, 11) is 0. The standard InChI is InChI=1S/C14H16O3/c1-5-6-17-14-9(2)7-12(8-10(14)3)13(16)11(4)15/h5,7-8H,1,6H2,2-4H3. The van der Waals surface area contributed by atoms with Gasteiger partial charge in [0.2, 0.25) is 5.78 Å². The lowest BCUT2D eigenvalue weighted by molar-refractivity contribution is -0.113. The number of rotatable bonds is 5. The van der Waals surface area contributed by atoms with Crippen LogP contribution in [0.3, 0.4) is 0 Å². The van der Waals surface area contributed by atoms with Crippen molar-refractivity contribution in [2.45, 2.75) is 20.8 Å². The van der Waals surface area contributed by atoms with Gasteiger partial charge in [-0.05, 0) is 37.1 Å². The third-order valence-electron chi connectivity index (χ3n) is 2.39. The molecule has 0 bridgehead atoms. The highest BCUT2D eigenvalue weighted by Crippen LogP contribution is 2.25. The Labute approximate surface area is 101 Å². The average molecular weight is 232 g/mol. The van der Waals surface area contributed by atoms with E-state index in [1.165, 1.54) is 6.92 Å². The second kappa shape index (κ2) is 5.43. The van der Waals surface area contributed by atoms with Crippen LogP contribution < -0.4 is 4.74 Å². The molecule has 3 nitrogen and oxygen atoms in total. The second-order valence-corrected chi connectivity index (χ2v) is 3.92. The van der Waals surface area contributed by atoms with Crippen LogP contribution in [0.15, 0.2) is 24.8 Å². The van der Waals surface area contributed by atoms with Crippen molar-refractivity contribution in [3.63, 3.8) is 0 Å². The van der Waals surface area contributed by atoms with E-state index < -0.39 is 11.6 Å². The van der Waals surface area contributed by atoms with E-state index in [1.807, 2.05) is 13.8 Å². The van der Waals surface area contributed by atoms with Crippen molar-refractivity contribution in [2.24, 2.45) is 0 Å². The summed E-state index contributed by atoms with van der Waals surface area (Å²) in [4.78, 5) is 22.6. The molecule has 1 rings (SSSR count). The molecule has 0 aliphatic heterocycles. The largest absolute Gasteiger partial charge is 0.489 e. The molecule has 17 heavy (non-hydrogen) atoms. The predicted octanol–water partition coefficient (Wildman–Crippen LogP) is 2.64. The molecule has 0 spiro atoms. The van der Waals surface area contributed by atoms with Crippen LogP contribution in [0.4, 0.5) is 0 Å². The van der Waals surface area contributed by atoms with Crippen molar-refractivity contribution in [2.75, 3.05) is 6.61 Å². The number of carbonyl (C=O) groups is 2. The predicted molar refractivity (Wildman–Crippen MR) is 66.6 cm³/mol. The van der Waals surface area contributed by atoms with Gasteiger partial charge in [-0.2, -0.15) is 0 Å². The van der Waals surface area contributed by atoms with E-state index in [1.54, 1.807) is 18.2 Å². The number of ketones is 2. The molecule has 3 heteroatoms.